The molecule has 8 bridgehead atoms. The molecule has 1 fully saturated rings. The minimum absolute atomic E-state index is 0.686. The van der Waals surface area contributed by atoms with Crippen molar-refractivity contribution in [3.63, 3.8) is 0 Å². The molecule has 0 radical (unpaired) electrons. The van der Waals surface area contributed by atoms with Crippen LogP contribution in [0, 0.1) is 6.92 Å². The SMILES string of the molecule is Cc1ccc2c3c1-c1cc(cc[n+]1C)-c1cccc(c1)C1CCC(CC1)c1cccc-2c1C3. The van der Waals surface area contributed by atoms with Crippen molar-refractivity contribution in [2.45, 2.75) is 50.9 Å². The molecule has 4 aliphatic rings. The van der Waals surface area contributed by atoms with Crippen LogP contribution in [0.3, 0.4) is 0 Å². The van der Waals surface area contributed by atoms with E-state index in [4.69, 9.17) is 0 Å². The lowest BCUT2D eigenvalue weighted by molar-refractivity contribution is -0.660. The second kappa shape index (κ2) is 7.15. The predicted octanol–water partition coefficient (Wildman–Crippen LogP) is 7.48. The van der Waals surface area contributed by atoms with Gasteiger partial charge in [0.2, 0.25) is 5.69 Å². The van der Waals surface area contributed by atoms with Crippen LogP contribution in [0.25, 0.3) is 33.5 Å². The van der Waals surface area contributed by atoms with E-state index in [1.807, 2.05) is 0 Å². The highest BCUT2D eigenvalue weighted by Gasteiger charge is 2.32. The van der Waals surface area contributed by atoms with Gasteiger partial charge in [0.05, 0.1) is 5.56 Å². The molecule has 4 aliphatic carbocycles. The van der Waals surface area contributed by atoms with Crippen molar-refractivity contribution in [1.29, 1.82) is 0 Å². The number of aromatic nitrogens is 1. The van der Waals surface area contributed by atoms with Crippen molar-refractivity contribution in [3.8, 4) is 33.5 Å². The van der Waals surface area contributed by atoms with E-state index in [1.165, 1.54) is 75.9 Å². The summed E-state index contributed by atoms with van der Waals surface area (Å²) in [4.78, 5) is 0. The smallest absolute Gasteiger partial charge is 0.201 e. The summed E-state index contributed by atoms with van der Waals surface area (Å²) < 4.78 is 2.31. The van der Waals surface area contributed by atoms with Crippen molar-refractivity contribution in [2.24, 2.45) is 7.05 Å². The molecular formula is C32H30N+. The van der Waals surface area contributed by atoms with E-state index in [1.54, 1.807) is 11.1 Å². The lowest BCUT2D eigenvalue weighted by Gasteiger charge is -2.30. The van der Waals surface area contributed by atoms with Crippen molar-refractivity contribution >= 4 is 0 Å². The van der Waals surface area contributed by atoms with Crippen LogP contribution in [0.5, 0.6) is 0 Å². The number of pyridine rings is 1. The second-order valence-electron chi connectivity index (χ2n) is 10.4. The molecule has 1 heteroatoms. The van der Waals surface area contributed by atoms with Crippen LogP contribution >= 0.6 is 0 Å². The molecule has 1 nitrogen and oxygen atoms in total. The van der Waals surface area contributed by atoms with Crippen molar-refractivity contribution in [2.75, 3.05) is 0 Å². The maximum atomic E-state index is 2.46. The van der Waals surface area contributed by atoms with E-state index in [-0.39, 0.29) is 0 Å². The molecule has 1 saturated carbocycles. The molecule has 0 N–H and O–H groups in total. The highest BCUT2D eigenvalue weighted by molar-refractivity contribution is 5.86. The lowest BCUT2D eigenvalue weighted by atomic mass is 9.74. The van der Waals surface area contributed by atoms with Crippen LogP contribution < -0.4 is 4.57 Å². The monoisotopic (exact) mass is 428 g/mol. The van der Waals surface area contributed by atoms with E-state index in [9.17, 15) is 0 Å². The van der Waals surface area contributed by atoms with Gasteiger partial charge in [-0.1, -0.05) is 54.6 Å². The van der Waals surface area contributed by atoms with Gasteiger partial charge in [0.1, 0.15) is 7.05 Å². The summed E-state index contributed by atoms with van der Waals surface area (Å²) in [6, 6.07) is 25.9. The first-order valence-electron chi connectivity index (χ1n) is 12.5. The Hall–Kier alpha value is -3.19. The van der Waals surface area contributed by atoms with Gasteiger partial charge < -0.3 is 0 Å². The minimum atomic E-state index is 0.686. The molecule has 4 aromatic rings. The molecule has 0 amide bonds. The molecular weight excluding hydrogens is 398 g/mol. The average Bonchev–Trinajstić information content (AvgIpc) is 3.23. The Bertz CT molecular complexity index is 1420. The summed E-state index contributed by atoms with van der Waals surface area (Å²) in [5, 5.41) is 0. The number of hydrogen-bond acceptors (Lipinski definition) is 0. The summed E-state index contributed by atoms with van der Waals surface area (Å²) >= 11 is 0. The van der Waals surface area contributed by atoms with Gasteiger partial charge in [-0.3, -0.25) is 0 Å². The largest absolute Gasteiger partial charge is 0.213 e. The maximum absolute atomic E-state index is 2.46. The van der Waals surface area contributed by atoms with Gasteiger partial charge in [0.15, 0.2) is 6.20 Å². The molecule has 0 aliphatic heterocycles. The van der Waals surface area contributed by atoms with Crippen LogP contribution in [0.2, 0.25) is 0 Å². The first-order chi connectivity index (χ1) is 16.2. The summed E-state index contributed by atoms with van der Waals surface area (Å²) in [7, 11) is 2.19. The van der Waals surface area contributed by atoms with Gasteiger partial charge in [-0.2, -0.15) is 0 Å². The van der Waals surface area contributed by atoms with Crippen molar-refractivity contribution < 1.29 is 4.57 Å². The molecule has 162 valence electrons. The molecule has 0 saturated heterocycles. The summed E-state index contributed by atoms with van der Waals surface area (Å²) in [6.07, 6.45) is 8.50. The average molecular weight is 429 g/mol. The van der Waals surface area contributed by atoms with Gasteiger partial charge >= 0.3 is 0 Å². The number of nitrogens with zero attached hydrogens (tertiary/aromatic N) is 1. The Morgan fingerprint density at radius 1 is 0.727 bits per heavy atom. The van der Waals surface area contributed by atoms with E-state index < -0.39 is 0 Å². The fourth-order valence-electron chi connectivity index (χ4n) is 6.88. The van der Waals surface area contributed by atoms with Crippen LogP contribution in [-0.2, 0) is 13.5 Å². The highest BCUT2D eigenvalue weighted by atomic mass is 14.9. The van der Waals surface area contributed by atoms with Crippen LogP contribution in [0.4, 0.5) is 0 Å². The number of hydrogen-bond donors (Lipinski definition) is 0. The minimum Gasteiger partial charge on any atom is -0.201 e. The number of fused-ring (bicyclic) bond motifs is 3. The van der Waals surface area contributed by atoms with Gasteiger partial charge in [0.25, 0.3) is 0 Å². The third-order valence-corrected chi connectivity index (χ3v) is 8.64. The number of benzene rings is 3. The van der Waals surface area contributed by atoms with Crippen molar-refractivity contribution in [3.05, 3.63) is 101 Å². The highest BCUT2D eigenvalue weighted by Crippen LogP contribution is 2.48. The summed E-state index contributed by atoms with van der Waals surface area (Å²) in [6.45, 7) is 2.28. The van der Waals surface area contributed by atoms with Gasteiger partial charge in [0, 0.05) is 12.1 Å². The normalized spacial score (nSPS) is 19.8. The zero-order valence-corrected chi connectivity index (χ0v) is 19.6. The third kappa shape index (κ3) is 2.88. The van der Waals surface area contributed by atoms with Gasteiger partial charge in [-0.05, 0) is 101 Å². The standard InChI is InChI=1S/C32H30N/c1-20-9-14-28-27-8-4-7-26-22-12-10-21(11-13-22)23-5-3-6-24(17-23)25-15-16-33(2)31(18-25)32(20)30(28)19-29(26)27/h3-9,14-18,21-22H,10-13,19H2,1-2H3/q+1. The Labute approximate surface area is 196 Å². The van der Waals surface area contributed by atoms with E-state index >= 15 is 0 Å². The first-order valence-corrected chi connectivity index (χ1v) is 12.5. The second-order valence-corrected chi connectivity index (χ2v) is 10.4. The molecule has 8 rings (SSSR count). The van der Waals surface area contributed by atoms with Gasteiger partial charge in [-0.15, -0.1) is 0 Å². The molecule has 1 aromatic heterocycles. The molecule has 33 heavy (non-hydrogen) atoms. The van der Waals surface area contributed by atoms with Crippen LogP contribution in [-0.4, -0.2) is 0 Å². The van der Waals surface area contributed by atoms with Crippen LogP contribution in [0.1, 0.15) is 65.3 Å². The zero-order chi connectivity index (χ0) is 22.1. The van der Waals surface area contributed by atoms with E-state index in [0.29, 0.717) is 11.8 Å². The van der Waals surface area contributed by atoms with E-state index in [0.717, 1.165) is 6.42 Å². The first kappa shape index (κ1) is 19.3. The Morgan fingerprint density at radius 2 is 1.48 bits per heavy atom. The van der Waals surface area contributed by atoms with Gasteiger partial charge in [-0.25, -0.2) is 4.57 Å². The predicted molar refractivity (Wildman–Crippen MR) is 135 cm³/mol. The topological polar surface area (TPSA) is 3.88 Å². The molecule has 1 heterocycles. The summed E-state index contributed by atoms with van der Waals surface area (Å²) in [5.74, 6) is 1.38. The van der Waals surface area contributed by atoms with E-state index in [2.05, 4.69) is 91.5 Å². The molecule has 0 spiro atoms. The van der Waals surface area contributed by atoms with Crippen LogP contribution in [0.15, 0.2) is 72.9 Å². The third-order valence-electron chi connectivity index (χ3n) is 8.64. The Balaban J connectivity index is 1.54. The molecule has 0 unspecified atom stereocenters. The van der Waals surface area contributed by atoms with Crippen molar-refractivity contribution in [1.82, 2.24) is 0 Å². The fraction of sp³-hybridized carbons (Fsp3) is 0.281. The summed E-state index contributed by atoms with van der Waals surface area (Å²) in [5.41, 5.74) is 16.0. The number of rotatable bonds is 0. The Morgan fingerprint density at radius 3 is 2.36 bits per heavy atom. The zero-order valence-electron chi connectivity index (χ0n) is 19.6. The quantitative estimate of drug-likeness (QED) is 0.225. The Kier molecular flexibility index (Phi) is 4.18. The lowest BCUT2D eigenvalue weighted by Crippen LogP contribution is -2.31. The number of aryl methyl sites for hydroxylation is 2. The molecule has 3 aromatic carbocycles. The fourth-order valence-corrected chi connectivity index (χ4v) is 6.88. The maximum Gasteiger partial charge on any atom is 0.213 e. The molecule has 0 atom stereocenters.